The quantitative estimate of drug-likeness (QED) is 0.856. The molecule has 0 bridgehead atoms. The summed E-state index contributed by atoms with van der Waals surface area (Å²) in [5, 5.41) is 10.8. The van der Waals surface area contributed by atoms with Crippen molar-refractivity contribution in [3.8, 4) is 0 Å². The minimum absolute atomic E-state index is 0.0496. The normalized spacial score (nSPS) is 31.7. The maximum atomic E-state index is 12.1. The maximum absolute atomic E-state index is 12.1. The highest BCUT2D eigenvalue weighted by atomic mass is 32.1. The van der Waals surface area contributed by atoms with Crippen LogP contribution in [-0.4, -0.2) is 27.6 Å². The molecule has 2 heterocycles. The van der Waals surface area contributed by atoms with Gasteiger partial charge in [-0.15, -0.1) is 5.10 Å². The summed E-state index contributed by atoms with van der Waals surface area (Å²) in [5.74, 6) is 0.845. The molecule has 6 heteroatoms. The van der Waals surface area contributed by atoms with Gasteiger partial charge in [0.25, 0.3) is 0 Å². The molecule has 3 atom stereocenters. The molecule has 0 aromatic carbocycles. The Labute approximate surface area is 111 Å². The third-order valence-corrected chi connectivity index (χ3v) is 4.65. The highest BCUT2D eigenvalue weighted by Crippen LogP contribution is 2.32. The van der Waals surface area contributed by atoms with Crippen molar-refractivity contribution in [1.29, 1.82) is 0 Å². The van der Waals surface area contributed by atoms with Gasteiger partial charge in [0, 0.05) is 17.6 Å². The lowest BCUT2D eigenvalue weighted by Gasteiger charge is -2.39. The Bertz CT molecular complexity index is 408. The molecule has 2 fully saturated rings. The molecule has 1 aliphatic carbocycles. The van der Waals surface area contributed by atoms with Crippen LogP contribution >= 0.6 is 11.5 Å². The Balaban J connectivity index is 1.58. The van der Waals surface area contributed by atoms with E-state index in [4.69, 9.17) is 0 Å². The van der Waals surface area contributed by atoms with Crippen LogP contribution in [0.4, 0.5) is 5.00 Å². The molecule has 1 amide bonds. The minimum atomic E-state index is -0.0496. The van der Waals surface area contributed by atoms with Gasteiger partial charge in [-0.05, 0) is 31.6 Å². The summed E-state index contributed by atoms with van der Waals surface area (Å²) in [6.07, 6.45) is 8.90. The number of nitrogens with one attached hydrogen (secondary N) is 2. The number of piperidine rings is 1. The fourth-order valence-corrected chi connectivity index (χ4v) is 3.56. The monoisotopic (exact) mass is 266 g/mol. The van der Waals surface area contributed by atoms with E-state index in [-0.39, 0.29) is 11.9 Å². The molecule has 1 aliphatic heterocycles. The van der Waals surface area contributed by atoms with Crippen molar-refractivity contribution in [3.63, 3.8) is 0 Å². The Hall–Kier alpha value is -1.01. The molecule has 1 saturated heterocycles. The molecular formula is C12H18N4OS. The second-order valence-electron chi connectivity index (χ2n) is 5.22. The Morgan fingerprint density at radius 3 is 3.06 bits per heavy atom. The van der Waals surface area contributed by atoms with Gasteiger partial charge < -0.3 is 10.6 Å². The summed E-state index contributed by atoms with van der Waals surface area (Å²) in [5.41, 5.74) is 0. The first kappa shape index (κ1) is 12.0. The molecule has 0 radical (unpaired) electrons. The molecule has 3 unspecified atom stereocenters. The summed E-state index contributed by atoms with van der Waals surface area (Å²) in [6.45, 7) is 0. The highest BCUT2D eigenvalue weighted by Gasteiger charge is 2.34. The number of carbonyl (C=O) groups is 1. The lowest BCUT2D eigenvalue weighted by molar-refractivity contribution is -0.119. The molecule has 1 aromatic rings. The zero-order chi connectivity index (χ0) is 12.4. The number of fused-ring (bicyclic) bond motifs is 1. The van der Waals surface area contributed by atoms with Gasteiger partial charge in [-0.3, -0.25) is 4.79 Å². The molecule has 1 saturated carbocycles. The van der Waals surface area contributed by atoms with Crippen molar-refractivity contribution in [2.75, 3.05) is 5.32 Å². The van der Waals surface area contributed by atoms with Gasteiger partial charge in [0.2, 0.25) is 5.91 Å². The van der Waals surface area contributed by atoms with Gasteiger partial charge in [-0.2, -0.15) is 0 Å². The zero-order valence-electron chi connectivity index (χ0n) is 10.3. The van der Waals surface area contributed by atoms with E-state index in [0.29, 0.717) is 6.04 Å². The Kier molecular flexibility index (Phi) is 3.56. The van der Waals surface area contributed by atoms with Crippen molar-refractivity contribution in [3.05, 3.63) is 6.20 Å². The number of hydrogen-bond donors (Lipinski definition) is 2. The van der Waals surface area contributed by atoms with Crippen LogP contribution in [0.15, 0.2) is 6.20 Å². The van der Waals surface area contributed by atoms with E-state index >= 15 is 0 Å². The first-order valence-electron chi connectivity index (χ1n) is 6.67. The van der Waals surface area contributed by atoms with Gasteiger partial charge in [0.05, 0.1) is 12.2 Å². The average molecular weight is 266 g/mol. The van der Waals surface area contributed by atoms with Crippen LogP contribution in [0.1, 0.15) is 38.5 Å². The first-order valence-corrected chi connectivity index (χ1v) is 7.44. The molecule has 5 nitrogen and oxygen atoms in total. The van der Waals surface area contributed by atoms with E-state index in [1.54, 1.807) is 6.20 Å². The average Bonchev–Trinajstić information content (AvgIpc) is 2.91. The van der Waals surface area contributed by atoms with Crippen LogP contribution in [0.3, 0.4) is 0 Å². The van der Waals surface area contributed by atoms with Crippen molar-refractivity contribution >= 4 is 22.4 Å². The fourth-order valence-electron chi connectivity index (χ4n) is 3.13. The van der Waals surface area contributed by atoms with Gasteiger partial charge >= 0.3 is 0 Å². The summed E-state index contributed by atoms with van der Waals surface area (Å²) in [4.78, 5) is 12.1. The number of amides is 1. The van der Waals surface area contributed by atoms with Crippen molar-refractivity contribution in [2.24, 2.45) is 5.92 Å². The molecule has 18 heavy (non-hydrogen) atoms. The van der Waals surface area contributed by atoms with E-state index in [9.17, 15) is 4.79 Å². The predicted octanol–water partition coefficient (Wildman–Crippen LogP) is 1.79. The van der Waals surface area contributed by atoms with Gasteiger partial charge in [-0.1, -0.05) is 17.3 Å². The Morgan fingerprint density at radius 1 is 1.33 bits per heavy atom. The minimum Gasteiger partial charge on any atom is -0.314 e. The Morgan fingerprint density at radius 2 is 2.22 bits per heavy atom. The molecule has 3 rings (SSSR count). The van der Waals surface area contributed by atoms with Gasteiger partial charge in [0.1, 0.15) is 5.00 Å². The second-order valence-corrected chi connectivity index (χ2v) is 6.00. The van der Waals surface area contributed by atoms with Crippen molar-refractivity contribution < 1.29 is 4.79 Å². The highest BCUT2D eigenvalue weighted by molar-refractivity contribution is 7.10. The van der Waals surface area contributed by atoms with Crippen LogP contribution in [0, 0.1) is 5.92 Å². The second kappa shape index (κ2) is 5.32. The standard InChI is InChI=1S/C12H18N4OS/c17-12(15-11-7-13-16-18-11)10-6-5-8-3-1-2-4-9(8)14-10/h7-10,14H,1-6H2,(H,15,17). The van der Waals surface area contributed by atoms with Crippen LogP contribution in [-0.2, 0) is 4.79 Å². The number of anilines is 1. The molecule has 98 valence electrons. The number of rotatable bonds is 2. The molecule has 1 aromatic heterocycles. The third kappa shape index (κ3) is 2.54. The smallest absolute Gasteiger partial charge is 0.242 e. The maximum Gasteiger partial charge on any atom is 0.242 e. The van der Waals surface area contributed by atoms with E-state index in [1.165, 1.54) is 43.6 Å². The summed E-state index contributed by atoms with van der Waals surface area (Å²) in [7, 11) is 0. The largest absolute Gasteiger partial charge is 0.314 e. The predicted molar refractivity (Wildman–Crippen MR) is 70.4 cm³/mol. The van der Waals surface area contributed by atoms with Crippen molar-refractivity contribution in [1.82, 2.24) is 14.9 Å². The van der Waals surface area contributed by atoms with E-state index in [0.717, 1.165) is 17.3 Å². The summed E-state index contributed by atoms with van der Waals surface area (Å²) < 4.78 is 3.74. The van der Waals surface area contributed by atoms with E-state index in [1.807, 2.05) is 0 Å². The zero-order valence-corrected chi connectivity index (χ0v) is 11.1. The SMILES string of the molecule is O=C(Nc1cnns1)C1CCC2CCCCC2N1. The number of carbonyl (C=O) groups excluding carboxylic acids is 1. The number of nitrogens with zero attached hydrogens (tertiary/aromatic N) is 2. The molecule has 0 spiro atoms. The van der Waals surface area contributed by atoms with Gasteiger partial charge in [0.15, 0.2) is 0 Å². The lowest BCUT2D eigenvalue weighted by Crippen LogP contribution is -2.53. The first-order chi connectivity index (χ1) is 8.83. The summed E-state index contributed by atoms with van der Waals surface area (Å²) in [6, 6.07) is 0.495. The molecule has 2 aliphatic rings. The van der Waals surface area contributed by atoms with Crippen molar-refractivity contribution in [2.45, 2.75) is 50.6 Å². The van der Waals surface area contributed by atoms with Gasteiger partial charge in [-0.25, -0.2) is 0 Å². The van der Waals surface area contributed by atoms with E-state index in [2.05, 4.69) is 20.2 Å². The summed E-state index contributed by atoms with van der Waals surface area (Å²) >= 11 is 1.22. The third-order valence-electron chi connectivity index (χ3n) is 4.07. The topological polar surface area (TPSA) is 66.9 Å². The van der Waals surface area contributed by atoms with Crippen LogP contribution in [0.2, 0.25) is 0 Å². The lowest BCUT2D eigenvalue weighted by atomic mass is 9.77. The number of aromatic nitrogens is 2. The fraction of sp³-hybridized carbons (Fsp3) is 0.750. The number of hydrogen-bond acceptors (Lipinski definition) is 5. The molecule has 2 N–H and O–H groups in total. The molecular weight excluding hydrogens is 248 g/mol. The van der Waals surface area contributed by atoms with E-state index < -0.39 is 0 Å². The van der Waals surface area contributed by atoms with Crippen LogP contribution in [0.5, 0.6) is 0 Å². The van der Waals surface area contributed by atoms with Crippen LogP contribution < -0.4 is 10.6 Å². The van der Waals surface area contributed by atoms with Crippen LogP contribution in [0.25, 0.3) is 0 Å².